The fourth-order valence-corrected chi connectivity index (χ4v) is 3.37. The molecule has 1 aromatic carbocycles. The Morgan fingerprint density at radius 1 is 1.23 bits per heavy atom. The molecule has 0 saturated carbocycles. The third-order valence-corrected chi connectivity index (χ3v) is 4.54. The highest BCUT2D eigenvalue weighted by Gasteiger charge is 2.17. The van der Waals surface area contributed by atoms with Crippen LogP contribution in [0.2, 0.25) is 0 Å². The molecule has 3 nitrogen and oxygen atoms in total. The smallest absolute Gasteiger partial charge is 0.282 e. The first kappa shape index (κ1) is 10.9. The van der Waals surface area contributed by atoms with E-state index in [2.05, 4.69) is 0 Å². The van der Waals surface area contributed by atoms with E-state index in [1.165, 1.54) is 0 Å². The zero-order valence-electron chi connectivity index (χ0n) is 7.20. The highest BCUT2D eigenvalue weighted by molar-refractivity contribution is 14.1. The van der Waals surface area contributed by atoms with Crippen LogP contribution in [0.25, 0.3) is 0 Å². The second-order valence-electron chi connectivity index (χ2n) is 2.82. The van der Waals surface area contributed by atoms with Crippen molar-refractivity contribution in [3.8, 4) is 0 Å². The van der Waals surface area contributed by atoms with Crippen LogP contribution >= 0.6 is 22.6 Å². The minimum atomic E-state index is -4.09. The molecule has 0 radical (unpaired) electrons. The Balaban J connectivity index is 3.62. The van der Waals surface area contributed by atoms with Gasteiger partial charge in [-0.15, -0.1) is 0 Å². The van der Waals surface area contributed by atoms with Crippen molar-refractivity contribution in [2.45, 2.75) is 18.7 Å². The van der Waals surface area contributed by atoms with Gasteiger partial charge in [-0.1, -0.05) is 12.1 Å². The van der Waals surface area contributed by atoms with Crippen LogP contribution in [0.3, 0.4) is 0 Å². The maximum atomic E-state index is 11.0. The molecule has 0 amide bonds. The van der Waals surface area contributed by atoms with Crippen LogP contribution in [-0.4, -0.2) is 13.0 Å². The van der Waals surface area contributed by atoms with Crippen molar-refractivity contribution < 1.29 is 13.0 Å². The molecule has 0 heterocycles. The van der Waals surface area contributed by atoms with Gasteiger partial charge >= 0.3 is 0 Å². The van der Waals surface area contributed by atoms with Crippen molar-refractivity contribution in [2.75, 3.05) is 0 Å². The zero-order valence-corrected chi connectivity index (χ0v) is 10.2. The van der Waals surface area contributed by atoms with Gasteiger partial charge in [0.05, 0.1) is 0 Å². The molecular weight excluding hydrogens is 303 g/mol. The molecule has 0 saturated heterocycles. The minimum absolute atomic E-state index is 0.0214. The second-order valence-corrected chi connectivity index (χ2v) is 5.25. The van der Waals surface area contributed by atoms with Crippen LogP contribution in [0.5, 0.6) is 0 Å². The summed E-state index contributed by atoms with van der Waals surface area (Å²) in [5, 5.41) is 0. The summed E-state index contributed by atoms with van der Waals surface area (Å²) in [5.74, 6) is 0. The van der Waals surface area contributed by atoms with Crippen LogP contribution in [0.4, 0.5) is 0 Å². The summed E-state index contributed by atoms with van der Waals surface area (Å²) >= 11 is 1.92. The number of hydrogen-bond donors (Lipinski definition) is 1. The number of benzene rings is 1. The predicted octanol–water partition coefficient (Wildman–Crippen LogP) is 2.15. The molecule has 1 aromatic rings. The molecule has 5 heteroatoms. The minimum Gasteiger partial charge on any atom is -0.282 e. The predicted molar refractivity (Wildman–Crippen MR) is 58.4 cm³/mol. The molecule has 0 bridgehead atoms. The van der Waals surface area contributed by atoms with Crippen LogP contribution in [0, 0.1) is 17.4 Å². The van der Waals surface area contributed by atoms with Crippen molar-refractivity contribution in [2.24, 2.45) is 0 Å². The van der Waals surface area contributed by atoms with Crippen molar-refractivity contribution in [3.63, 3.8) is 0 Å². The van der Waals surface area contributed by atoms with Gasteiger partial charge in [-0.05, 0) is 47.6 Å². The first-order valence-electron chi connectivity index (χ1n) is 3.57. The van der Waals surface area contributed by atoms with E-state index >= 15 is 0 Å². The first-order valence-corrected chi connectivity index (χ1v) is 6.09. The van der Waals surface area contributed by atoms with Gasteiger partial charge in [-0.2, -0.15) is 8.42 Å². The van der Waals surface area contributed by atoms with Gasteiger partial charge in [0.2, 0.25) is 0 Å². The summed E-state index contributed by atoms with van der Waals surface area (Å²) < 4.78 is 31.5. The molecule has 0 atom stereocenters. The molecule has 0 aliphatic heterocycles. The number of aryl methyl sites for hydroxylation is 2. The lowest BCUT2D eigenvalue weighted by Crippen LogP contribution is -2.04. The molecule has 1 N–H and O–H groups in total. The van der Waals surface area contributed by atoms with Crippen LogP contribution in [0.1, 0.15) is 11.1 Å². The second kappa shape index (κ2) is 3.55. The van der Waals surface area contributed by atoms with E-state index < -0.39 is 10.1 Å². The molecule has 72 valence electrons. The van der Waals surface area contributed by atoms with E-state index in [9.17, 15) is 8.42 Å². The van der Waals surface area contributed by atoms with Crippen molar-refractivity contribution in [1.82, 2.24) is 0 Å². The molecule has 0 aliphatic carbocycles. The van der Waals surface area contributed by atoms with Crippen LogP contribution in [-0.2, 0) is 10.1 Å². The lowest BCUT2D eigenvalue weighted by molar-refractivity contribution is 0.482. The summed E-state index contributed by atoms with van der Waals surface area (Å²) in [6, 6.07) is 3.51. The number of rotatable bonds is 1. The Hall–Kier alpha value is -0.140. The molecule has 0 aromatic heterocycles. The summed E-state index contributed by atoms with van der Waals surface area (Å²) in [5.41, 5.74) is 1.41. The molecule has 13 heavy (non-hydrogen) atoms. The maximum Gasteiger partial charge on any atom is 0.295 e. The standard InChI is InChI=1S/C8H9IO3S/c1-5-3-4-6(2)8(7(5)9)13(10,11)12/h3-4H,1-2H3,(H,10,11,12). The average Bonchev–Trinajstić information content (AvgIpc) is 1.95. The summed E-state index contributed by atoms with van der Waals surface area (Å²) in [7, 11) is -4.09. The fourth-order valence-electron chi connectivity index (χ4n) is 1.07. The maximum absolute atomic E-state index is 11.0. The van der Waals surface area contributed by atoms with Gasteiger partial charge < -0.3 is 0 Å². The molecular formula is C8H9IO3S. The molecule has 0 spiro atoms. The normalized spacial score (nSPS) is 11.7. The summed E-state index contributed by atoms with van der Waals surface area (Å²) in [6.45, 7) is 3.46. The fraction of sp³-hybridized carbons (Fsp3) is 0.250. The van der Waals surface area contributed by atoms with Gasteiger partial charge in [0.1, 0.15) is 4.90 Å². The lowest BCUT2D eigenvalue weighted by Gasteiger charge is -2.07. The van der Waals surface area contributed by atoms with E-state index in [0.29, 0.717) is 9.13 Å². The Labute approximate surface area is 91.1 Å². The van der Waals surface area contributed by atoms with Gasteiger partial charge in [0.25, 0.3) is 10.1 Å². The zero-order chi connectivity index (χ0) is 10.2. The third-order valence-electron chi connectivity index (χ3n) is 1.75. The third kappa shape index (κ3) is 2.21. The quantitative estimate of drug-likeness (QED) is 0.638. The molecule has 1 rings (SSSR count). The topological polar surface area (TPSA) is 54.4 Å². The lowest BCUT2D eigenvalue weighted by atomic mass is 10.2. The first-order chi connectivity index (χ1) is 5.84. The van der Waals surface area contributed by atoms with Crippen molar-refractivity contribution in [1.29, 1.82) is 0 Å². The molecule has 0 unspecified atom stereocenters. The average molecular weight is 312 g/mol. The Bertz CT molecular complexity index is 437. The molecule has 0 aliphatic rings. The highest BCUT2D eigenvalue weighted by atomic mass is 127. The van der Waals surface area contributed by atoms with Gasteiger partial charge in [-0.3, -0.25) is 4.55 Å². The van der Waals surface area contributed by atoms with E-state index in [1.54, 1.807) is 19.9 Å². The van der Waals surface area contributed by atoms with Crippen LogP contribution in [0.15, 0.2) is 17.0 Å². The van der Waals surface area contributed by atoms with Crippen molar-refractivity contribution in [3.05, 3.63) is 26.8 Å². The van der Waals surface area contributed by atoms with Crippen molar-refractivity contribution >= 4 is 32.7 Å². The Morgan fingerprint density at radius 2 is 1.69 bits per heavy atom. The summed E-state index contributed by atoms with van der Waals surface area (Å²) in [6.07, 6.45) is 0. The summed E-state index contributed by atoms with van der Waals surface area (Å²) in [4.78, 5) is 0.0214. The van der Waals surface area contributed by atoms with E-state index in [1.807, 2.05) is 28.7 Å². The Morgan fingerprint density at radius 3 is 2.08 bits per heavy atom. The monoisotopic (exact) mass is 312 g/mol. The van der Waals surface area contributed by atoms with E-state index in [0.717, 1.165) is 5.56 Å². The van der Waals surface area contributed by atoms with Gasteiger partial charge in [-0.25, -0.2) is 0 Å². The largest absolute Gasteiger partial charge is 0.295 e. The van der Waals surface area contributed by atoms with Gasteiger partial charge in [0.15, 0.2) is 0 Å². The van der Waals surface area contributed by atoms with Gasteiger partial charge in [0, 0.05) is 3.57 Å². The number of hydrogen-bond acceptors (Lipinski definition) is 2. The van der Waals surface area contributed by atoms with Crippen LogP contribution < -0.4 is 0 Å². The van der Waals surface area contributed by atoms with E-state index in [4.69, 9.17) is 4.55 Å². The Kier molecular flexibility index (Phi) is 2.98. The van der Waals surface area contributed by atoms with E-state index in [-0.39, 0.29) is 4.90 Å². The number of halogens is 1. The SMILES string of the molecule is Cc1ccc(C)c(S(=O)(=O)O)c1I. The molecule has 0 fully saturated rings. The highest BCUT2D eigenvalue weighted by Crippen LogP contribution is 2.24.